The third-order valence-corrected chi connectivity index (χ3v) is 5.30. The molecule has 10 heteroatoms. The number of carbonyl (C=O) groups excluding carboxylic acids is 1. The second-order valence-electron chi connectivity index (χ2n) is 5.54. The average Bonchev–Trinajstić information content (AvgIpc) is 2.57. The van der Waals surface area contributed by atoms with E-state index in [-0.39, 0.29) is 34.0 Å². The standard InChI is InChI=1S/C17H18Cl2N2O5S/c1-11(22)21-13-4-2-5-14(10-13)26-7-3-6-20-27(24,25)16-9-12(18)8-15(19)17(16)23/h2,4-5,8-10,20,23H,3,6-7H2,1H3,(H,21,22). The van der Waals surface area contributed by atoms with Crippen LogP contribution in [-0.4, -0.2) is 32.6 Å². The summed E-state index contributed by atoms with van der Waals surface area (Å²) in [6.45, 7) is 1.73. The van der Waals surface area contributed by atoms with Gasteiger partial charge in [-0.15, -0.1) is 0 Å². The van der Waals surface area contributed by atoms with E-state index in [9.17, 15) is 18.3 Å². The number of nitrogens with one attached hydrogen (secondary N) is 2. The lowest BCUT2D eigenvalue weighted by atomic mass is 10.3. The van der Waals surface area contributed by atoms with Gasteiger partial charge in [0.05, 0.1) is 11.6 Å². The molecule has 0 aliphatic carbocycles. The fraction of sp³-hybridized carbons (Fsp3) is 0.235. The van der Waals surface area contributed by atoms with Crippen molar-refractivity contribution >= 4 is 44.8 Å². The lowest BCUT2D eigenvalue weighted by Crippen LogP contribution is -2.26. The topological polar surface area (TPSA) is 105 Å². The van der Waals surface area contributed by atoms with Crippen LogP contribution in [0.15, 0.2) is 41.3 Å². The van der Waals surface area contributed by atoms with Gasteiger partial charge in [0.25, 0.3) is 0 Å². The van der Waals surface area contributed by atoms with Crippen LogP contribution in [0.5, 0.6) is 11.5 Å². The molecule has 146 valence electrons. The molecule has 2 aromatic carbocycles. The Morgan fingerprint density at radius 2 is 1.96 bits per heavy atom. The molecule has 0 aromatic heterocycles. The lowest BCUT2D eigenvalue weighted by Gasteiger charge is -2.11. The molecule has 3 N–H and O–H groups in total. The van der Waals surface area contributed by atoms with Gasteiger partial charge in [0, 0.05) is 30.2 Å². The van der Waals surface area contributed by atoms with Crippen LogP contribution in [0.3, 0.4) is 0 Å². The summed E-state index contributed by atoms with van der Waals surface area (Å²) in [6, 6.07) is 9.22. The first-order valence-corrected chi connectivity index (χ1v) is 10.1. The zero-order chi connectivity index (χ0) is 20.0. The quantitative estimate of drug-likeness (QED) is 0.554. The average molecular weight is 433 g/mol. The maximum absolute atomic E-state index is 12.3. The van der Waals surface area contributed by atoms with Crippen LogP contribution in [-0.2, 0) is 14.8 Å². The van der Waals surface area contributed by atoms with E-state index in [0.29, 0.717) is 17.9 Å². The molecule has 27 heavy (non-hydrogen) atoms. The number of carbonyl (C=O) groups is 1. The number of halogens is 2. The van der Waals surface area contributed by atoms with Crippen molar-refractivity contribution in [2.75, 3.05) is 18.5 Å². The first-order valence-electron chi connectivity index (χ1n) is 7.87. The number of sulfonamides is 1. The minimum atomic E-state index is -3.97. The van der Waals surface area contributed by atoms with E-state index in [2.05, 4.69) is 10.0 Å². The second kappa shape index (κ2) is 9.27. The van der Waals surface area contributed by atoms with E-state index in [1.165, 1.54) is 13.0 Å². The largest absolute Gasteiger partial charge is 0.505 e. The minimum Gasteiger partial charge on any atom is -0.505 e. The number of aromatic hydroxyl groups is 1. The Morgan fingerprint density at radius 3 is 2.67 bits per heavy atom. The summed E-state index contributed by atoms with van der Waals surface area (Å²) in [5.41, 5.74) is 0.606. The summed E-state index contributed by atoms with van der Waals surface area (Å²) in [4.78, 5) is 10.7. The zero-order valence-corrected chi connectivity index (χ0v) is 16.7. The Hall–Kier alpha value is -2.00. The van der Waals surface area contributed by atoms with Gasteiger partial charge < -0.3 is 15.2 Å². The highest BCUT2D eigenvalue weighted by molar-refractivity contribution is 7.89. The number of hydrogen-bond donors (Lipinski definition) is 3. The van der Waals surface area contributed by atoms with Crippen molar-refractivity contribution in [3.63, 3.8) is 0 Å². The van der Waals surface area contributed by atoms with Crippen LogP contribution in [0.1, 0.15) is 13.3 Å². The molecule has 0 atom stereocenters. The Bertz CT molecular complexity index is 935. The fourth-order valence-electron chi connectivity index (χ4n) is 2.16. The van der Waals surface area contributed by atoms with Gasteiger partial charge in [-0.25, -0.2) is 13.1 Å². The number of rotatable bonds is 8. The van der Waals surface area contributed by atoms with E-state index in [1.807, 2.05) is 0 Å². The van der Waals surface area contributed by atoms with Crippen LogP contribution < -0.4 is 14.8 Å². The zero-order valence-electron chi connectivity index (χ0n) is 14.3. The van der Waals surface area contributed by atoms with Gasteiger partial charge in [0.2, 0.25) is 15.9 Å². The number of phenols is 1. The van der Waals surface area contributed by atoms with Gasteiger partial charge in [-0.05, 0) is 30.7 Å². The molecule has 0 saturated carbocycles. The van der Waals surface area contributed by atoms with Gasteiger partial charge in [-0.3, -0.25) is 4.79 Å². The first kappa shape index (κ1) is 21.3. The van der Waals surface area contributed by atoms with Crippen LogP contribution >= 0.6 is 23.2 Å². The molecule has 0 spiro atoms. The SMILES string of the molecule is CC(=O)Nc1cccc(OCCCNS(=O)(=O)c2cc(Cl)cc(Cl)c2O)c1. The summed E-state index contributed by atoms with van der Waals surface area (Å²) in [7, 11) is -3.97. The van der Waals surface area contributed by atoms with E-state index in [0.717, 1.165) is 6.07 Å². The fourth-order valence-corrected chi connectivity index (χ4v) is 3.99. The molecule has 1 amide bonds. The Morgan fingerprint density at radius 1 is 1.22 bits per heavy atom. The van der Waals surface area contributed by atoms with Gasteiger partial charge in [0.1, 0.15) is 10.6 Å². The summed E-state index contributed by atoms with van der Waals surface area (Å²) in [5, 5.41) is 12.4. The molecule has 0 aliphatic rings. The van der Waals surface area contributed by atoms with Crippen LogP contribution in [0.2, 0.25) is 10.0 Å². The summed E-state index contributed by atoms with van der Waals surface area (Å²) < 4.78 is 32.4. The van der Waals surface area contributed by atoms with Gasteiger partial charge in [-0.1, -0.05) is 29.3 Å². The normalized spacial score (nSPS) is 11.2. The van der Waals surface area contributed by atoms with Crippen LogP contribution in [0.25, 0.3) is 0 Å². The van der Waals surface area contributed by atoms with Gasteiger partial charge in [0.15, 0.2) is 5.75 Å². The van der Waals surface area contributed by atoms with Crippen molar-refractivity contribution in [2.45, 2.75) is 18.2 Å². The summed E-state index contributed by atoms with van der Waals surface area (Å²) >= 11 is 11.5. The van der Waals surface area contributed by atoms with Crippen molar-refractivity contribution in [3.8, 4) is 11.5 Å². The molecule has 0 saturated heterocycles. The molecule has 0 bridgehead atoms. The molecular formula is C17H18Cl2N2O5S. The van der Waals surface area contributed by atoms with Crippen molar-refractivity contribution in [1.29, 1.82) is 0 Å². The number of hydrogen-bond acceptors (Lipinski definition) is 5. The van der Waals surface area contributed by atoms with Crippen molar-refractivity contribution < 1.29 is 23.1 Å². The molecular weight excluding hydrogens is 415 g/mol. The van der Waals surface area contributed by atoms with E-state index in [4.69, 9.17) is 27.9 Å². The number of anilines is 1. The molecule has 2 aromatic rings. The van der Waals surface area contributed by atoms with Crippen LogP contribution in [0.4, 0.5) is 5.69 Å². The number of ether oxygens (including phenoxy) is 1. The van der Waals surface area contributed by atoms with Gasteiger partial charge >= 0.3 is 0 Å². The maximum atomic E-state index is 12.3. The Labute approximate surface area is 167 Å². The monoisotopic (exact) mass is 432 g/mol. The highest BCUT2D eigenvalue weighted by Gasteiger charge is 2.21. The lowest BCUT2D eigenvalue weighted by molar-refractivity contribution is -0.114. The van der Waals surface area contributed by atoms with Crippen molar-refractivity contribution in [3.05, 3.63) is 46.4 Å². The smallest absolute Gasteiger partial charge is 0.244 e. The Kier molecular flexibility index (Phi) is 7.32. The minimum absolute atomic E-state index is 0.0806. The van der Waals surface area contributed by atoms with Crippen LogP contribution in [0, 0.1) is 0 Å². The number of amides is 1. The highest BCUT2D eigenvalue weighted by atomic mass is 35.5. The van der Waals surface area contributed by atoms with E-state index in [1.54, 1.807) is 24.3 Å². The molecule has 0 fully saturated rings. The molecule has 0 unspecified atom stereocenters. The predicted octanol–water partition coefficient (Wildman–Crippen LogP) is 3.40. The second-order valence-corrected chi connectivity index (χ2v) is 8.12. The first-order chi connectivity index (χ1) is 12.7. The highest BCUT2D eigenvalue weighted by Crippen LogP contribution is 2.33. The maximum Gasteiger partial charge on any atom is 0.244 e. The Balaban J connectivity index is 1.87. The van der Waals surface area contributed by atoms with Crippen molar-refractivity contribution in [2.24, 2.45) is 0 Å². The summed E-state index contributed by atoms with van der Waals surface area (Å²) in [6.07, 6.45) is 0.374. The number of phenolic OH excluding ortho intramolecular Hbond substituents is 1. The molecule has 7 nitrogen and oxygen atoms in total. The van der Waals surface area contributed by atoms with E-state index >= 15 is 0 Å². The van der Waals surface area contributed by atoms with E-state index < -0.39 is 15.8 Å². The van der Waals surface area contributed by atoms with Gasteiger partial charge in [-0.2, -0.15) is 0 Å². The number of benzene rings is 2. The summed E-state index contributed by atoms with van der Waals surface area (Å²) in [5.74, 6) is -0.200. The molecule has 2 rings (SSSR count). The third-order valence-electron chi connectivity index (χ3n) is 3.32. The van der Waals surface area contributed by atoms with Crippen molar-refractivity contribution in [1.82, 2.24) is 4.72 Å². The molecule has 0 radical (unpaired) electrons. The molecule has 0 aliphatic heterocycles. The molecule has 0 heterocycles. The predicted molar refractivity (Wildman–Crippen MR) is 104 cm³/mol. The third kappa shape index (κ3) is 6.28.